The Morgan fingerprint density at radius 3 is 2.60 bits per heavy atom. The lowest BCUT2D eigenvalue weighted by Gasteiger charge is -2.26. The molecule has 3 rings (SSSR count). The molecule has 5 heteroatoms. The first kappa shape index (κ1) is 17.1. The number of carbonyl (C=O) groups excluding carboxylic acids is 2. The molecule has 0 radical (unpaired) electrons. The molecular weight excluding hydrogens is 314 g/mol. The number of rotatable bonds is 3. The number of nitrogens with zero attached hydrogens (tertiary/aromatic N) is 2. The molecule has 1 saturated heterocycles. The van der Waals surface area contributed by atoms with Gasteiger partial charge >= 0.3 is 0 Å². The topological polar surface area (TPSA) is 62.3 Å². The normalized spacial score (nSPS) is 14.2. The van der Waals surface area contributed by atoms with Crippen molar-refractivity contribution < 1.29 is 9.59 Å². The van der Waals surface area contributed by atoms with Crippen molar-refractivity contribution in [3.05, 3.63) is 58.9 Å². The van der Waals surface area contributed by atoms with Crippen LogP contribution in [-0.2, 0) is 0 Å². The lowest BCUT2D eigenvalue weighted by atomic mass is 10.1. The van der Waals surface area contributed by atoms with Crippen LogP contribution in [0, 0.1) is 13.8 Å². The van der Waals surface area contributed by atoms with E-state index in [9.17, 15) is 9.59 Å². The standard InChI is InChI=1S/C20H23N3O2/c1-14-7-6-8-17(15(14)2)22-19(24)16-9-10-21-18(13-16)20(25)23-11-4-3-5-12-23/h6-10,13H,3-5,11-12H2,1-2H3,(H,22,24). The molecule has 2 heterocycles. The van der Waals surface area contributed by atoms with Crippen LogP contribution in [0.4, 0.5) is 5.69 Å². The van der Waals surface area contributed by atoms with E-state index in [-0.39, 0.29) is 11.8 Å². The molecule has 0 unspecified atom stereocenters. The van der Waals surface area contributed by atoms with Crippen molar-refractivity contribution in [1.82, 2.24) is 9.88 Å². The Morgan fingerprint density at radius 2 is 1.84 bits per heavy atom. The van der Waals surface area contributed by atoms with Crippen LogP contribution in [0.15, 0.2) is 36.5 Å². The molecule has 0 saturated carbocycles. The van der Waals surface area contributed by atoms with Crippen LogP contribution in [0.5, 0.6) is 0 Å². The van der Waals surface area contributed by atoms with E-state index in [0.29, 0.717) is 11.3 Å². The van der Waals surface area contributed by atoms with E-state index in [0.717, 1.165) is 49.2 Å². The van der Waals surface area contributed by atoms with Crippen molar-refractivity contribution in [3.63, 3.8) is 0 Å². The zero-order chi connectivity index (χ0) is 17.8. The summed E-state index contributed by atoms with van der Waals surface area (Å²) in [5.41, 5.74) is 3.71. The molecule has 5 nitrogen and oxygen atoms in total. The van der Waals surface area contributed by atoms with E-state index in [1.807, 2.05) is 36.9 Å². The summed E-state index contributed by atoms with van der Waals surface area (Å²) in [4.78, 5) is 31.1. The zero-order valence-electron chi connectivity index (χ0n) is 14.7. The van der Waals surface area contributed by atoms with Gasteiger partial charge in [-0.15, -0.1) is 0 Å². The van der Waals surface area contributed by atoms with Crippen LogP contribution in [-0.4, -0.2) is 34.8 Å². The molecule has 1 aromatic heterocycles. The highest BCUT2D eigenvalue weighted by molar-refractivity contribution is 6.06. The Balaban J connectivity index is 1.77. The number of anilines is 1. The van der Waals surface area contributed by atoms with Crippen molar-refractivity contribution in [2.75, 3.05) is 18.4 Å². The zero-order valence-corrected chi connectivity index (χ0v) is 14.7. The van der Waals surface area contributed by atoms with E-state index in [4.69, 9.17) is 0 Å². The first-order chi connectivity index (χ1) is 12.1. The van der Waals surface area contributed by atoms with Crippen LogP contribution in [0.1, 0.15) is 51.2 Å². The maximum atomic E-state index is 12.6. The molecule has 1 aromatic carbocycles. The summed E-state index contributed by atoms with van der Waals surface area (Å²) in [5.74, 6) is -0.329. The summed E-state index contributed by atoms with van der Waals surface area (Å²) < 4.78 is 0. The number of hydrogen-bond donors (Lipinski definition) is 1. The Kier molecular flexibility index (Phi) is 5.12. The second kappa shape index (κ2) is 7.47. The van der Waals surface area contributed by atoms with E-state index in [1.54, 1.807) is 12.1 Å². The monoisotopic (exact) mass is 337 g/mol. The molecule has 0 aliphatic carbocycles. The SMILES string of the molecule is Cc1cccc(NC(=O)c2ccnc(C(=O)N3CCCCC3)c2)c1C. The molecule has 0 atom stereocenters. The van der Waals surface area contributed by atoms with Crippen molar-refractivity contribution in [1.29, 1.82) is 0 Å². The van der Waals surface area contributed by atoms with E-state index < -0.39 is 0 Å². The van der Waals surface area contributed by atoms with Crippen molar-refractivity contribution in [3.8, 4) is 0 Å². The first-order valence-electron chi connectivity index (χ1n) is 8.69. The third-order valence-electron chi connectivity index (χ3n) is 4.74. The number of pyridine rings is 1. The molecule has 1 aliphatic heterocycles. The molecule has 130 valence electrons. The third kappa shape index (κ3) is 3.87. The molecule has 0 spiro atoms. The molecule has 0 bridgehead atoms. The Labute approximate surface area is 148 Å². The molecule has 2 aromatic rings. The number of carbonyl (C=O) groups is 2. The van der Waals surface area contributed by atoms with Gasteiger partial charge < -0.3 is 10.2 Å². The molecule has 1 aliphatic rings. The van der Waals surface area contributed by atoms with Gasteiger partial charge in [-0.1, -0.05) is 12.1 Å². The van der Waals surface area contributed by atoms with Crippen molar-refractivity contribution in [2.24, 2.45) is 0 Å². The van der Waals surface area contributed by atoms with Crippen LogP contribution in [0.2, 0.25) is 0 Å². The summed E-state index contributed by atoms with van der Waals surface area (Å²) in [6, 6.07) is 9.01. The highest BCUT2D eigenvalue weighted by atomic mass is 16.2. The summed E-state index contributed by atoms with van der Waals surface area (Å²) in [5, 5.41) is 2.92. The third-order valence-corrected chi connectivity index (χ3v) is 4.74. The number of hydrogen-bond acceptors (Lipinski definition) is 3. The fraction of sp³-hybridized carbons (Fsp3) is 0.350. The predicted molar refractivity (Wildman–Crippen MR) is 97.9 cm³/mol. The second-order valence-corrected chi connectivity index (χ2v) is 6.48. The fourth-order valence-electron chi connectivity index (χ4n) is 3.03. The van der Waals surface area contributed by atoms with Crippen LogP contribution < -0.4 is 5.32 Å². The van der Waals surface area contributed by atoms with Gasteiger partial charge in [0.25, 0.3) is 11.8 Å². The number of nitrogens with one attached hydrogen (secondary N) is 1. The number of likely N-dealkylation sites (tertiary alicyclic amines) is 1. The highest BCUT2D eigenvalue weighted by Gasteiger charge is 2.20. The van der Waals surface area contributed by atoms with Gasteiger partial charge in [0, 0.05) is 30.5 Å². The average Bonchev–Trinajstić information content (AvgIpc) is 2.65. The smallest absolute Gasteiger partial charge is 0.272 e. The Morgan fingerprint density at radius 1 is 1.08 bits per heavy atom. The maximum absolute atomic E-state index is 12.6. The van der Waals surface area contributed by atoms with Gasteiger partial charge in [-0.3, -0.25) is 14.6 Å². The maximum Gasteiger partial charge on any atom is 0.272 e. The molecular formula is C20H23N3O2. The quantitative estimate of drug-likeness (QED) is 0.931. The first-order valence-corrected chi connectivity index (χ1v) is 8.69. The van der Waals surface area contributed by atoms with Gasteiger partial charge in [0.15, 0.2) is 0 Å². The Bertz CT molecular complexity index is 795. The van der Waals surface area contributed by atoms with Gasteiger partial charge in [-0.25, -0.2) is 0 Å². The second-order valence-electron chi connectivity index (χ2n) is 6.48. The van der Waals surface area contributed by atoms with Crippen molar-refractivity contribution in [2.45, 2.75) is 33.1 Å². The van der Waals surface area contributed by atoms with Crippen LogP contribution in [0.25, 0.3) is 0 Å². The van der Waals surface area contributed by atoms with E-state index >= 15 is 0 Å². The highest BCUT2D eigenvalue weighted by Crippen LogP contribution is 2.19. The lowest BCUT2D eigenvalue weighted by molar-refractivity contribution is 0.0718. The number of aryl methyl sites for hydroxylation is 1. The largest absolute Gasteiger partial charge is 0.337 e. The minimum atomic E-state index is -0.233. The van der Waals surface area contributed by atoms with Crippen LogP contribution >= 0.6 is 0 Å². The predicted octanol–water partition coefficient (Wildman–Crippen LogP) is 3.58. The number of benzene rings is 1. The minimum absolute atomic E-state index is 0.0962. The van der Waals surface area contributed by atoms with Gasteiger partial charge in [0.05, 0.1) is 0 Å². The summed E-state index contributed by atoms with van der Waals surface area (Å²) in [6.45, 7) is 5.51. The van der Waals surface area contributed by atoms with Gasteiger partial charge in [0.2, 0.25) is 0 Å². The minimum Gasteiger partial charge on any atom is -0.337 e. The molecule has 1 N–H and O–H groups in total. The average molecular weight is 337 g/mol. The lowest BCUT2D eigenvalue weighted by Crippen LogP contribution is -2.36. The molecule has 1 fully saturated rings. The van der Waals surface area contributed by atoms with Crippen LogP contribution in [0.3, 0.4) is 0 Å². The fourth-order valence-corrected chi connectivity index (χ4v) is 3.03. The number of piperidine rings is 1. The van der Waals surface area contributed by atoms with Crippen molar-refractivity contribution >= 4 is 17.5 Å². The van der Waals surface area contributed by atoms with Gasteiger partial charge in [-0.05, 0) is 62.4 Å². The summed E-state index contributed by atoms with van der Waals surface area (Å²) in [7, 11) is 0. The molecule has 25 heavy (non-hydrogen) atoms. The molecule has 2 amide bonds. The number of amides is 2. The summed E-state index contributed by atoms with van der Waals surface area (Å²) >= 11 is 0. The van der Waals surface area contributed by atoms with Gasteiger partial charge in [-0.2, -0.15) is 0 Å². The number of aromatic nitrogens is 1. The van der Waals surface area contributed by atoms with E-state index in [1.165, 1.54) is 6.20 Å². The Hall–Kier alpha value is -2.69. The summed E-state index contributed by atoms with van der Waals surface area (Å²) in [6.07, 6.45) is 4.74. The van der Waals surface area contributed by atoms with E-state index in [2.05, 4.69) is 10.3 Å². The van der Waals surface area contributed by atoms with Gasteiger partial charge in [0.1, 0.15) is 5.69 Å².